The van der Waals surface area contributed by atoms with Crippen LogP contribution in [0.3, 0.4) is 0 Å². The summed E-state index contributed by atoms with van der Waals surface area (Å²) in [4.78, 5) is 19.8. The molecule has 0 saturated heterocycles. The van der Waals surface area contributed by atoms with Crippen LogP contribution in [-0.2, 0) is 0 Å². The van der Waals surface area contributed by atoms with Crippen molar-refractivity contribution in [2.75, 3.05) is 30.4 Å². The van der Waals surface area contributed by atoms with E-state index in [1.54, 1.807) is 17.1 Å². The maximum atomic E-state index is 4.61. The Hall–Kier alpha value is -2.18. The van der Waals surface area contributed by atoms with Gasteiger partial charge in [0.25, 0.3) is 0 Å². The Kier molecular flexibility index (Phi) is 3.98. The number of nitrogens with zero attached hydrogens (tertiary/aromatic N) is 6. The molecular weight excluding hydrogens is 266 g/mol. The van der Waals surface area contributed by atoms with Gasteiger partial charge in [0.15, 0.2) is 0 Å². The van der Waals surface area contributed by atoms with Crippen molar-refractivity contribution in [2.24, 2.45) is 5.92 Å². The number of hydrogen-bond acceptors (Lipinski definition) is 6. The number of hydrogen-bond donors (Lipinski definition) is 1. The summed E-state index contributed by atoms with van der Waals surface area (Å²) in [5.41, 5.74) is 0. The van der Waals surface area contributed by atoms with Gasteiger partial charge in [-0.2, -0.15) is 15.0 Å². The van der Waals surface area contributed by atoms with Crippen molar-refractivity contribution in [1.82, 2.24) is 24.5 Å². The molecule has 21 heavy (non-hydrogen) atoms. The van der Waals surface area contributed by atoms with Gasteiger partial charge in [0.05, 0.1) is 0 Å². The first-order valence-electron chi connectivity index (χ1n) is 7.47. The summed E-state index contributed by atoms with van der Waals surface area (Å²) in [6.07, 6.45) is 8.97. The van der Waals surface area contributed by atoms with Crippen molar-refractivity contribution in [3.05, 3.63) is 18.7 Å². The molecule has 0 atom stereocenters. The Morgan fingerprint density at radius 3 is 2.81 bits per heavy atom. The zero-order valence-corrected chi connectivity index (χ0v) is 12.5. The normalized spacial score (nSPS) is 14.2. The topological polar surface area (TPSA) is 71.8 Å². The van der Waals surface area contributed by atoms with Crippen LogP contribution in [0.1, 0.15) is 26.2 Å². The Morgan fingerprint density at radius 2 is 2.19 bits per heavy atom. The van der Waals surface area contributed by atoms with Crippen LogP contribution in [0.25, 0.3) is 5.95 Å². The van der Waals surface area contributed by atoms with E-state index in [-0.39, 0.29) is 0 Å². The lowest BCUT2D eigenvalue weighted by molar-refractivity contribution is 0.683. The summed E-state index contributed by atoms with van der Waals surface area (Å²) in [6, 6.07) is 0. The highest BCUT2D eigenvalue weighted by Crippen LogP contribution is 2.31. The van der Waals surface area contributed by atoms with E-state index < -0.39 is 0 Å². The number of imidazole rings is 1. The number of rotatable bonds is 7. The summed E-state index contributed by atoms with van der Waals surface area (Å²) in [5.74, 6) is 2.72. The van der Waals surface area contributed by atoms with Crippen LogP contribution in [-0.4, -0.2) is 44.6 Å². The van der Waals surface area contributed by atoms with Crippen LogP contribution < -0.4 is 10.2 Å². The summed E-state index contributed by atoms with van der Waals surface area (Å²) in [7, 11) is 1.82. The van der Waals surface area contributed by atoms with E-state index in [2.05, 4.69) is 37.1 Å². The third kappa shape index (κ3) is 3.29. The minimum absolute atomic E-state index is 0.584. The largest absolute Gasteiger partial charge is 0.357 e. The van der Waals surface area contributed by atoms with Gasteiger partial charge in [-0.3, -0.25) is 4.57 Å². The molecule has 1 N–H and O–H groups in total. The Bertz CT molecular complexity index is 577. The Labute approximate surface area is 124 Å². The van der Waals surface area contributed by atoms with Crippen molar-refractivity contribution < 1.29 is 0 Å². The SMILES string of the molecule is CCCN(CC1CC1)c1nc(NC)nc(-n2ccnc2)n1. The highest BCUT2D eigenvalue weighted by atomic mass is 15.3. The van der Waals surface area contributed by atoms with Crippen molar-refractivity contribution in [1.29, 1.82) is 0 Å². The maximum absolute atomic E-state index is 4.61. The zero-order chi connectivity index (χ0) is 14.7. The minimum Gasteiger partial charge on any atom is -0.357 e. The number of nitrogens with one attached hydrogen (secondary N) is 1. The average molecular weight is 287 g/mol. The Morgan fingerprint density at radius 1 is 1.33 bits per heavy atom. The molecule has 7 heteroatoms. The highest BCUT2D eigenvalue weighted by molar-refractivity contribution is 5.40. The molecule has 2 aromatic rings. The summed E-state index contributed by atoms with van der Waals surface area (Å²) in [6.45, 7) is 4.17. The van der Waals surface area contributed by atoms with Gasteiger partial charge in [0.2, 0.25) is 17.8 Å². The smallest absolute Gasteiger partial charge is 0.241 e. The molecule has 112 valence electrons. The second kappa shape index (κ2) is 6.07. The maximum Gasteiger partial charge on any atom is 0.241 e. The molecule has 0 radical (unpaired) electrons. The van der Waals surface area contributed by atoms with Gasteiger partial charge in [-0.15, -0.1) is 0 Å². The van der Waals surface area contributed by atoms with Crippen molar-refractivity contribution >= 4 is 11.9 Å². The van der Waals surface area contributed by atoms with Crippen LogP contribution in [0.15, 0.2) is 18.7 Å². The molecule has 1 saturated carbocycles. The van der Waals surface area contributed by atoms with Crippen LogP contribution in [0.2, 0.25) is 0 Å². The van der Waals surface area contributed by atoms with E-state index in [1.165, 1.54) is 12.8 Å². The lowest BCUT2D eigenvalue weighted by Gasteiger charge is -2.22. The molecule has 0 aliphatic heterocycles. The first kappa shape index (κ1) is 13.8. The quantitative estimate of drug-likeness (QED) is 0.836. The molecule has 1 fully saturated rings. The van der Waals surface area contributed by atoms with Gasteiger partial charge in [-0.1, -0.05) is 6.92 Å². The molecule has 0 aromatic carbocycles. The third-order valence-corrected chi connectivity index (χ3v) is 3.52. The Balaban J connectivity index is 1.93. The number of anilines is 2. The second-order valence-electron chi connectivity index (χ2n) is 5.37. The second-order valence-corrected chi connectivity index (χ2v) is 5.37. The monoisotopic (exact) mass is 287 g/mol. The molecule has 3 rings (SSSR count). The first-order chi connectivity index (χ1) is 10.3. The number of aromatic nitrogens is 5. The van der Waals surface area contributed by atoms with Crippen LogP contribution in [0.5, 0.6) is 0 Å². The van der Waals surface area contributed by atoms with E-state index in [1.807, 2.05) is 13.2 Å². The van der Waals surface area contributed by atoms with Gasteiger partial charge >= 0.3 is 0 Å². The summed E-state index contributed by atoms with van der Waals surface area (Å²) >= 11 is 0. The molecule has 1 aliphatic carbocycles. The molecule has 2 aromatic heterocycles. The predicted molar refractivity (Wildman–Crippen MR) is 81.7 cm³/mol. The molecule has 0 bridgehead atoms. The molecule has 1 aliphatic rings. The molecule has 2 heterocycles. The van der Waals surface area contributed by atoms with E-state index in [0.717, 1.165) is 31.4 Å². The fraction of sp³-hybridized carbons (Fsp3) is 0.571. The molecule has 0 unspecified atom stereocenters. The predicted octanol–water partition coefficient (Wildman–Crippen LogP) is 1.73. The first-order valence-corrected chi connectivity index (χ1v) is 7.47. The van der Waals surface area contributed by atoms with Crippen LogP contribution in [0, 0.1) is 5.92 Å². The van der Waals surface area contributed by atoms with Crippen molar-refractivity contribution in [2.45, 2.75) is 26.2 Å². The van der Waals surface area contributed by atoms with E-state index in [4.69, 9.17) is 0 Å². The summed E-state index contributed by atoms with van der Waals surface area (Å²) in [5, 5.41) is 3.01. The molecule has 0 amide bonds. The fourth-order valence-corrected chi connectivity index (χ4v) is 2.25. The van der Waals surface area contributed by atoms with Gasteiger partial charge in [-0.05, 0) is 25.2 Å². The highest BCUT2D eigenvalue weighted by Gasteiger charge is 2.25. The lowest BCUT2D eigenvalue weighted by atomic mass is 10.3. The van der Waals surface area contributed by atoms with Gasteiger partial charge in [-0.25, -0.2) is 4.98 Å². The molecule has 7 nitrogen and oxygen atoms in total. The fourth-order valence-electron chi connectivity index (χ4n) is 2.25. The van der Waals surface area contributed by atoms with Gasteiger partial charge in [0, 0.05) is 32.5 Å². The van der Waals surface area contributed by atoms with Crippen LogP contribution >= 0.6 is 0 Å². The molecule has 0 spiro atoms. The van der Waals surface area contributed by atoms with Gasteiger partial charge < -0.3 is 10.2 Å². The van der Waals surface area contributed by atoms with E-state index in [0.29, 0.717) is 11.9 Å². The average Bonchev–Trinajstić information content (AvgIpc) is 3.16. The zero-order valence-electron chi connectivity index (χ0n) is 12.5. The van der Waals surface area contributed by atoms with E-state index in [9.17, 15) is 0 Å². The standard InChI is InChI=1S/C14H21N7/c1-3-7-20(9-11-4-5-11)13-17-12(15-2)18-14(19-13)21-8-6-16-10-21/h6,8,10-11H,3-5,7,9H2,1-2H3,(H,15,17,18,19). The van der Waals surface area contributed by atoms with Crippen LogP contribution in [0.4, 0.5) is 11.9 Å². The summed E-state index contributed by atoms with van der Waals surface area (Å²) < 4.78 is 1.80. The minimum atomic E-state index is 0.584. The van der Waals surface area contributed by atoms with Crippen molar-refractivity contribution in [3.8, 4) is 5.95 Å². The lowest BCUT2D eigenvalue weighted by Crippen LogP contribution is -2.29. The van der Waals surface area contributed by atoms with Crippen molar-refractivity contribution in [3.63, 3.8) is 0 Å². The third-order valence-electron chi connectivity index (χ3n) is 3.52. The van der Waals surface area contributed by atoms with Gasteiger partial charge in [0.1, 0.15) is 6.33 Å². The van der Waals surface area contributed by atoms with E-state index >= 15 is 0 Å². The molecular formula is C14H21N7.